The monoisotopic (exact) mass is 420 g/mol. The molecule has 0 aliphatic carbocycles. The molecule has 0 radical (unpaired) electrons. The Morgan fingerprint density at radius 2 is 2.08 bits per heavy atom. The van der Waals surface area contributed by atoms with Gasteiger partial charge in [-0.15, -0.1) is 11.6 Å². The summed E-state index contributed by atoms with van der Waals surface area (Å²) in [5.41, 5.74) is 0.712. The molecule has 0 N–H and O–H groups in total. The lowest BCUT2D eigenvalue weighted by Gasteiger charge is -2.05. The molecule has 0 spiro atoms. The molecule has 1 aromatic carbocycles. The van der Waals surface area contributed by atoms with Crippen LogP contribution < -0.4 is 0 Å². The van der Waals surface area contributed by atoms with Gasteiger partial charge in [-0.3, -0.25) is 4.79 Å². The van der Waals surface area contributed by atoms with Gasteiger partial charge < -0.3 is 0 Å². The first kappa shape index (κ1) is 11.7. The van der Waals surface area contributed by atoms with Crippen LogP contribution in [0.25, 0.3) is 0 Å². The summed E-state index contributed by atoms with van der Waals surface area (Å²) in [6.07, 6.45) is 0. The molecule has 1 atom stereocenters. The summed E-state index contributed by atoms with van der Waals surface area (Å²) in [6, 6.07) is 5.70. The molecule has 0 bridgehead atoms. The molecule has 70 valence electrons. The predicted octanol–water partition coefficient (Wildman–Crippen LogP) is 3.71. The van der Waals surface area contributed by atoms with Gasteiger partial charge in [0.25, 0.3) is 0 Å². The Balaban J connectivity index is 3.09. The van der Waals surface area contributed by atoms with Crippen molar-refractivity contribution in [3.63, 3.8) is 0 Å². The van der Waals surface area contributed by atoms with E-state index in [9.17, 15) is 4.79 Å². The molecular formula is C9H7ClI2O. The van der Waals surface area contributed by atoms with E-state index in [0.29, 0.717) is 5.56 Å². The third-order valence-corrected chi connectivity index (χ3v) is 3.32. The lowest BCUT2D eigenvalue weighted by Crippen LogP contribution is -2.12. The number of halogens is 3. The van der Waals surface area contributed by atoms with E-state index in [0.717, 1.165) is 7.14 Å². The average Bonchev–Trinajstić information content (AvgIpc) is 2.03. The molecule has 0 fully saturated rings. The number of hydrogen-bond acceptors (Lipinski definition) is 1. The molecule has 1 nitrogen and oxygen atoms in total. The highest BCUT2D eigenvalue weighted by Gasteiger charge is 2.14. The van der Waals surface area contributed by atoms with E-state index in [-0.39, 0.29) is 5.78 Å². The highest BCUT2D eigenvalue weighted by atomic mass is 127. The smallest absolute Gasteiger partial charge is 0.181 e. The van der Waals surface area contributed by atoms with Crippen LogP contribution in [0, 0.1) is 7.14 Å². The molecule has 1 rings (SSSR count). The van der Waals surface area contributed by atoms with Gasteiger partial charge >= 0.3 is 0 Å². The van der Waals surface area contributed by atoms with E-state index in [1.807, 2.05) is 18.2 Å². The van der Waals surface area contributed by atoms with Gasteiger partial charge in [0.1, 0.15) is 0 Å². The number of alkyl halides is 1. The second-order valence-electron chi connectivity index (χ2n) is 2.60. The zero-order chi connectivity index (χ0) is 10.0. The maximum absolute atomic E-state index is 11.5. The largest absolute Gasteiger partial charge is 0.292 e. The molecule has 0 saturated heterocycles. The highest BCUT2D eigenvalue weighted by molar-refractivity contribution is 14.1. The molecule has 0 aliphatic heterocycles. The lowest BCUT2D eigenvalue weighted by atomic mass is 10.1. The van der Waals surface area contributed by atoms with Crippen molar-refractivity contribution in [1.29, 1.82) is 0 Å². The maximum atomic E-state index is 11.5. The first-order valence-corrected chi connectivity index (χ1v) is 6.25. The Morgan fingerprint density at radius 1 is 1.46 bits per heavy atom. The van der Waals surface area contributed by atoms with E-state index in [1.54, 1.807) is 6.92 Å². The highest BCUT2D eigenvalue weighted by Crippen LogP contribution is 2.18. The van der Waals surface area contributed by atoms with Crippen LogP contribution in [0.15, 0.2) is 18.2 Å². The third-order valence-electron chi connectivity index (χ3n) is 1.56. The van der Waals surface area contributed by atoms with Crippen molar-refractivity contribution in [2.24, 2.45) is 0 Å². The predicted molar refractivity (Wildman–Crippen MR) is 71.5 cm³/mol. The van der Waals surface area contributed by atoms with Gasteiger partial charge in [-0.1, -0.05) is 0 Å². The molecule has 1 aromatic rings. The molecular weight excluding hydrogens is 413 g/mol. The van der Waals surface area contributed by atoms with E-state index in [1.165, 1.54) is 0 Å². The second kappa shape index (κ2) is 4.93. The summed E-state index contributed by atoms with van der Waals surface area (Å²) in [4.78, 5) is 11.5. The zero-order valence-corrected chi connectivity index (χ0v) is 11.9. The Hall–Kier alpha value is 0.640. The SMILES string of the molecule is CC(Cl)C(=O)c1ccc(I)cc1I. The minimum atomic E-state index is -0.450. The zero-order valence-electron chi connectivity index (χ0n) is 6.85. The van der Waals surface area contributed by atoms with Gasteiger partial charge in [0, 0.05) is 12.7 Å². The number of rotatable bonds is 2. The summed E-state index contributed by atoms with van der Waals surface area (Å²) in [5.74, 6) is -0.0116. The Morgan fingerprint density at radius 3 is 2.54 bits per heavy atom. The van der Waals surface area contributed by atoms with Crippen molar-refractivity contribution in [2.45, 2.75) is 12.3 Å². The maximum Gasteiger partial charge on any atom is 0.181 e. The summed E-state index contributed by atoms with van der Waals surface area (Å²) in [6.45, 7) is 1.69. The molecule has 4 heteroatoms. The number of benzene rings is 1. The first-order valence-electron chi connectivity index (χ1n) is 3.65. The molecule has 0 amide bonds. The number of Topliss-reactive ketones (excluding diaryl/α,β-unsaturated/α-hetero) is 1. The Labute approximate surface area is 110 Å². The minimum Gasteiger partial charge on any atom is -0.292 e. The van der Waals surface area contributed by atoms with Gasteiger partial charge in [0.05, 0.1) is 5.38 Å². The van der Waals surface area contributed by atoms with Crippen LogP contribution in [0.5, 0.6) is 0 Å². The van der Waals surface area contributed by atoms with Crippen LogP contribution in [-0.2, 0) is 0 Å². The fourth-order valence-corrected chi connectivity index (χ4v) is 2.89. The van der Waals surface area contributed by atoms with Gasteiger partial charge in [0.15, 0.2) is 5.78 Å². The average molecular weight is 420 g/mol. The van der Waals surface area contributed by atoms with Gasteiger partial charge in [-0.25, -0.2) is 0 Å². The van der Waals surface area contributed by atoms with Crippen molar-refractivity contribution >= 4 is 62.6 Å². The molecule has 0 saturated carbocycles. The molecule has 0 aliphatic rings. The van der Waals surface area contributed by atoms with Gasteiger partial charge in [0.2, 0.25) is 0 Å². The Kier molecular flexibility index (Phi) is 4.44. The van der Waals surface area contributed by atoms with Crippen LogP contribution >= 0.6 is 56.8 Å². The summed E-state index contributed by atoms with van der Waals surface area (Å²) in [7, 11) is 0. The van der Waals surface area contributed by atoms with Crippen molar-refractivity contribution < 1.29 is 4.79 Å². The van der Waals surface area contributed by atoms with Crippen LogP contribution in [0.1, 0.15) is 17.3 Å². The van der Waals surface area contributed by atoms with E-state index in [2.05, 4.69) is 45.2 Å². The molecule has 1 unspecified atom stereocenters. The van der Waals surface area contributed by atoms with E-state index >= 15 is 0 Å². The number of hydrogen-bond donors (Lipinski definition) is 0. The fraction of sp³-hybridized carbons (Fsp3) is 0.222. The van der Waals surface area contributed by atoms with Crippen molar-refractivity contribution in [3.05, 3.63) is 30.9 Å². The third kappa shape index (κ3) is 3.06. The second-order valence-corrected chi connectivity index (χ2v) is 5.67. The van der Waals surface area contributed by atoms with Crippen molar-refractivity contribution in [3.8, 4) is 0 Å². The Bertz CT molecular complexity index is 336. The van der Waals surface area contributed by atoms with E-state index in [4.69, 9.17) is 11.6 Å². The minimum absolute atomic E-state index is 0.0116. The van der Waals surface area contributed by atoms with Crippen LogP contribution in [0.4, 0.5) is 0 Å². The number of carbonyl (C=O) groups excluding carboxylic acids is 1. The fourth-order valence-electron chi connectivity index (χ4n) is 0.904. The van der Waals surface area contributed by atoms with Gasteiger partial charge in [-0.2, -0.15) is 0 Å². The molecule has 0 heterocycles. The van der Waals surface area contributed by atoms with Crippen molar-refractivity contribution in [1.82, 2.24) is 0 Å². The quantitative estimate of drug-likeness (QED) is 0.405. The number of carbonyl (C=O) groups is 1. The summed E-state index contributed by atoms with van der Waals surface area (Å²) < 4.78 is 2.09. The lowest BCUT2D eigenvalue weighted by molar-refractivity contribution is 0.0991. The van der Waals surface area contributed by atoms with Crippen LogP contribution in [0.3, 0.4) is 0 Å². The van der Waals surface area contributed by atoms with Crippen LogP contribution in [0.2, 0.25) is 0 Å². The molecule has 13 heavy (non-hydrogen) atoms. The summed E-state index contributed by atoms with van der Waals surface area (Å²) >= 11 is 10.1. The van der Waals surface area contributed by atoms with Gasteiger partial charge in [-0.05, 0) is 70.3 Å². The standard InChI is InChI=1S/C9H7ClI2O/c1-5(10)9(13)7-3-2-6(11)4-8(7)12/h2-5H,1H3. The van der Waals surface area contributed by atoms with Crippen LogP contribution in [-0.4, -0.2) is 11.2 Å². The molecule has 0 aromatic heterocycles. The first-order chi connectivity index (χ1) is 6.02. The topological polar surface area (TPSA) is 17.1 Å². The number of ketones is 1. The normalized spacial score (nSPS) is 12.6. The summed E-state index contributed by atoms with van der Waals surface area (Å²) in [5, 5.41) is -0.450. The van der Waals surface area contributed by atoms with Crippen molar-refractivity contribution in [2.75, 3.05) is 0 Å². The van der Waals surface area contributed by atoms with E-state index < -0.39 is 5.38 Å².